The van der Waals surface area contributed by atoms with E-state index < -0.39 is 0 Å². The fourth-order valence-electron chi connectivity index (χ4n) is 2.65. The van der Waals surface area contributed by atoms with Gasteiger partial charge in [-0.15, -0.1) is 0 Å². The van der Waals surface area contributed by atoms with Crippen molar-refractivity contribution in [2.75, 3.05) is 5.43 Å². The molecule has 1 amide bonds. The van der Waals surface area contributed by atoms with E-state index in [0.29, 0.717) is 42.8 Å². The number of amides is 1. The average molecular weight is 508 g/mol. The summed E-state index contributed by atoms with van der Waals surface area (Å²) >= 11 is 24.0. The number of benzene rings is 3. The van der Waals surface area contributed by atoms with E-state index in [1.165, 1.54) is 0 Å². The number of rotatable bonds is 6. The summed E-state index contributed by atoms with van der Waals surface area (Å²) in [6, 6.07) is 17.3. The Hall–Kier alpha value is -2.57. The van der Waals surface area contributed by atoms with Gasteiger partial charge in [-0.25, -0.2) is 5.43 Å². The first-order valence-corrected chi connectivity index (χ1v) is 10.9. The minimum atomic E-state index is -0.363. The quantitative estimate of drug-likeness (QED) is 0.271. The standard InChI is InChI=1S/C23H18Cl4N4O/c1-13(15-6-8-19(24)21(26)11-15)28-30-18-5-3-4-17(10-18)23(32)31-29-14(2)16-7-9-20(25)22(27)12-16/h3-12,30H,1-2H3,(H,31,32)/b28-13+,29-14+. The SMILES string of the molecule is C/C(=N\NC(=O)c1cccc(N/N=C(\C)c2ccc(Cl)c(Cl)c2)c1)c1ccc(Cl)c(Cl)c1. The molecule has 5 nitrogen and oxygen atoms in total. The van der Waals surface area contributed by atoms with Gasteiger partial charge < -0.3 is 0 Å². The lowest BCUT2D eigenvalue weighted by molar-refractivity contribution is 0.0955. The molecule has 3 aromatic carbocycles. The number of hydrazone groups is 2. The maximum atomic E-state index is 12.5. The number of carbonyl (C=O) groups excluding carboxylic acids is 1. The molecule has 0 saturated heterocycles. The molecule has 164 valence electrons. The van der Waals surface area contributed by atoms with Crippen molar-refractivity contribution in [2.24, 2.45) is 10.2 Å². The Morgan fingerprint density at radius 1 is 0.688 bits per heavy atom. The minimum Gasteiger partial charge on any atom is -0.278 e. The summed E-state index contributed by atoms with van der Waals surface area (Å²) in [4.78, 5) is 12.5. The summed E-state index contributed by atoms with van der Waals surface area (Å²) in [5.41, 5.74) is 9.43. The van der Waals surface area contributed by atoms with Crippen LogP contribution in [0.3, 0.4) is 0 Å². The predicted molar refractivity (Wildman–Crippen MR) is 135 cm³/mol. The highest BCUT2D eigenvalue weighted by molar-refractivity contribution is 6.42. The second-order valence-corrected chi connectivity index (χ2v) is 8.41. The topological polar surface area (TPSA) is 65.8 Å². The third-order valence-corrected chi connectivity index (χ3v) is 5.96. The van der Waals surface area contributed by atoms with E-state index >= 15 is 0 Å². The molecule has 0 aliphatic carbocycles. The summed E-state index contributed by atoms with van der Waals surface area (Å²) in [5.74, 6) is -0.363. The zero-order valence-electron chi connectivity index (χ0n) is 17.1. The lowest BCUT2D eigenvalue weighted by Gasteiger charge is -2.07. The summed E-state index contributed by atoms with van der Waals surface area (Å²) in [6.45, 7) is 3.60. The van der Waals surface area contributed by atoms with E-state index in [4.69, 9.17) is 46.4 Å². The molecular formula is C23H18Cl4N4O. The highest BCUT2D eigenvalue weighted by Gasteiger charge is 2.08. The third-order valence-electron chi connectivity index (χ3n) is 4.48. The zero-order valence-corrected chi connectivity index (χ0v) is 20.1. The lowest BCUT2D eigenvalue weighted by atomic mass is 10.1. The molecule has 3 aromatic rings. The molecule has 0 spiro atoms. The Kier molecular flexibility index (Phi) is 8.15. The van der Waals surface area contributed by atoms with Crippen molar-refractivity contribution < 1.29 is 4.79 Å². The number of nitrogens with zero attached hydrogens (tertiary/aromatic N) is 2. The van der Waals surface area contributed by atoms with E-state index in [-0.39, 0.29) is 5.91 Å². The average Bonchev–Trinajstić information content (AvgIpc) is 2.79. The van der Waals surface area contributed by atoms with Crippen molar-refractivity contribution in [3.8, 4) is 0 Å². The van der Waals surface area contributed by atoms with Gasteiger partial charge in [0.15, 0.2) is 0 Å². The second kappa shape index (κ2) is 10.8. The van der Waals surface area contributed by atoms with Gasteiger partial charge >= 0.3 is 0 Å². The third kappa shape index (κ3) is 6.24. The molecule has 0 aromatic heterocycles. The molecule has 0 fully saturated rings. The molecule has 0 bridgehead atoms. The van der Waals surface area contributed by atoms with E-state index in [2.05, 4.69) is 21.1 Å². The van der Waals surface area contributed by atoms with Crippen LogP contribution in [0.5, 0.6) is 0 Å². The zero-order chi connectivity index (χ0) is 23.3. The molecule has 0 atom stereocenters. The largest absolute Gasteiger partial charge is 0.278 e. The number of hydrogen-bond acceptors (Lipinski definition) is 4. The molecule has 2 N–H and O–H groups in total. The molecule has 0 radical (unpaired) electrons. The van der Waals surface area contributed by atoms with Crippen LogP contribution in [0.1, 0.15) is 35.3 Å². The van der Waals surface area contributed by atoms with Crippen molar-refractivity contribution in [2.45, 2.75) is 13.8 Å². The first-order valence-electron chi connectivity index (χ1n) is 9.40. The molecular weight excluding hydrogens is 490 g/mol. The Morgan fingerprint density at radius 2 is 1.25 bits per heavy atom. The molecule has 0 unspecified atom stereocenters. The second-order valence-electron chi connectivity index (χ2n) is 6.79. The van der Waals surface area contributed by atoms with Crippen LogP contribution >= 0.6 is 46.4 Å². The lowest BCUT2D eigenvalue weighted by Crippen LogP contribution is -2.19. The Balaban J connectivity index is 1.68. The number of nitrogens with one attached hydrogen (secondary N) is 2. The summed E-state index contributed by atoms with van der Waals surface area (Å²) in [5, 5.41) is 10.3. The smallest absolute Gasteiger partial charge is 0.271 e. The highest BCUT2D eigenvalue weighted by Crippen LogP contribution is 2.24. The van der Waals surface area contributed by atoms with Gasteiger partial charge in [-0.3, -0.25) is 10.2 Å². The monoisotopic (exact) mass is 506 g/mol. The van der Waals surface area contributed by atoms with Crippen LogP contribution in [0, 0.1) is 0 Å². The van der Waals surface area contributed by atoms with Crippen molar-refractivity contribution in [3.05, 3.63) is 97.4 Å². The van der Waals surface area contributed by atoms with Gasteiger partial charge in [0.25, 0.3) is 5.91 Å². The Labute approximate surface area is 206 Å². The highest BCUT2D eigenvalue weighted by atomic mass is 35.5. The van der Waals surface area contributed by atoms with Gasteiger partial charge in [0.05, 0.1) is 37.2 Å². The van der Waals surface area contributed by atoms with Gasteiger partial charge in [0.1, 0.15) is 0 Å². The number of hydrogen-bond donors (Lipinski definition) is 2. The molecule has 3 rings (SSSR count). The molecule has 9 heteroatoms. The maximum Gasteiger partial charge on any atom is 0.271 e. The van der Waals surface area contributed by atoms with Gasteiger partial charge in [0, 0.05) is 5.56 Å². The van der Waals surface area contributed by atoms with Crippen LogP contribution in [-0.2, 0) is 0 Å². The van der Waals surface area contributed by atoms with Crippen LogP contribution in [0.4, 0.5) is 5.69 Å². The van der Waals surface area contributed by atoms with Crippen molar-refractivity contribution in [1.29, 1.82) is 0 Å². The Morgan fingerprint density at radius 3 is 1.81 bits per heavy atom. The van der Waals surface area contributed by atoms with Gasteiger partial charge in [-0.1, -0.05) is 64.6 Å². The van der Waals surface area contributed by atoms with Crippen LogP contribution in [0.2, 0.25) is 20.1 Å². The fourth-order valence-corrected chi connectivity index (χ4v) is 3.25. The number of halogens is 4. The van der Waals surface area contributed by atoms with Crippen LogP contribution in [0.25, 0.3) is 0 Å². The summed E-state index contributed by atoms with van der Waals surface area (Å²) < 4.78 is 0. The van der Waals surface area contributed by atoms with Crippen LogP contribution in [0.15, 0.2) is 70.9 Å². The fraction of sp³-hybridized carbons (Fsp3) is 0.0870. The predicted octanol–water partition coefficient (Wildman–Crippen LogP) is 7.29. The van der Waals surface area contributed by atoms with E-state index in [1.807, 2.05) is 13.0 Å². The molecule has 0 saturated carbocycles. The summed E-state index contributed by atoms with van der Waals surface area (Å²) in [6.07, 6.45) is 0. The van der Waals surface area contributed by atoms with Crippen LogP contribution < -0.4 is 10.9 Å². The van der Waals surface area contributed by atoms with Gasteiger partial charge in [-0.05, 0) is 67.4 Å². The first kappa shape index (κ1) is 24.1. The van der Waals surface area contributed by atoms with E-state index in [0.717, 1.165) is 11.1 Å². The molecule has 32 heavy (non-hydrogen) atoms. The molecule has 0 aliphatic heterocycles. The minimum absolute atomic E-state index is 0.363. The molecule has 0 heterocycles. The summed E-state index contributed by atoms with van der Waals surface area (Å²) in [7, 11) is 0. The van der Waals surface area contributed by atoms with E-state index in [1.54, 1.807) is 61.5 Å². The number of carbonyl (C=O) groups is 1. The van der Waals surface area contributed by atoms with Crippen molar-refractivity contribution in [1.82, 2.24) is 5.43 Å². The van der Waals surface area contributed by atoms with Crippen LogP contribution in [-0.4, -0.2) is 17.3 Å². The van der Waals surface area contributed by atoms with Gasteiger partial charge in [0.2, 0.25) is 0 Å². The number of anilines is 1. The Bertz CT molecular complexity index is 1220. The maximum absolute atomic E-state index is 12.5. The first-order chi connectivity index (χ1) is 15.2. The van der Waals surface area contributed by atoms with Crippen molar-refractivity contribution in [3.63, 3.8) is 0 Å². The van der Waals surface area contributed by atoms with Crippen molar-refractivity contribution >= 4 is 69.4 Å². The van der Waals surface area contributed by atoms with E-state index in [9.17, 15) is 4.79 Å². The van der Waals surface area contributed by atoms with Gasteiger partial charge in [-0.2, -0.15) is 10.2 Å². The normalized spacial score (nSPS) is 11.9. The molecule has 0 aliphatic rings.